The molecule has 1 aromatic rings. The van der Waals surface area contributed by atoms with Crippen LogP contribution in [0.3, 0.4) is 0 Å². The molecule has 19 heavy (non-hydrogen) atoms. The van der Waals surface area contributed by atoms with Gasteiger partial charge in [-0.15, -0.1) is 0 Å². The molecule has 106 valence electrons. The van der Waals surface area contributed by atoms with Gasteiger partial charge in [0.05, 0.1) is 6.61 Å². The van der Waals surface area contributed by atoms with Crippen molar-refractivity contribution in [2.45, 2.75) is 25.8 Å². The smallest absolute Gasteiger partial charge is 0.131 e. The fraction of sp³-hybridized carbons (Fsp3) is 0.600. The Morgan fingerprint density at radius 3 is 2.84 bits per heavy atom. The molecular formula is C15H22FNO2. The van der Waals surface area contributed by atoms with Crippen LogP contribution in [0.2, 0.25) is 0 Å². The molecular weight excluding hydrogens is 245 g/mol. The van der Waals surface area contributed by atoms with E-state index in [9.17, 15) is 4.39 Å². The Morgan fingerprint density at radius 2 is 2.16 bits per heavy atom. The largest absolute Gasteiger partial charge is 0.493 e. The first-order valence-electron chi connectivity index (χ1n) is 6.88. The molecule has 1 aromatic carbocycles. The summed E-state index contributed by atoms with van der Waals surface area (Å²) < 4.78 is 25.1. The minimum atomic E-state index is -0.216. The summed E-state index contributed by atoms with van der Waals surface area (Å²) in [5.41, 5.74) is 0.608. The average molecular weight is 267 g/mol. The van der Waals surface area contributed by atoms with E-state index in [1.165, 1.54) is 6.07 Å². The zero-order valence-electron chi connectivity index (χ0n) is 11.6. The lowest BCUT2D eigenvalue weighted by Gasteiger charge is -2.23. The van der Waals surface area contributed by atoms with Crippen LogP contribution < -0.4 is 10.1 Å². The van der Waals surface area contributed by atoms with E-state index in [-0.39, 0.29) is 11.9 Å². The summed E-state index contributed by atoms with van der Waals surface area (Å²) in [6.45, 7) is 4.17. The average Bonchev–Trinajstić information content (AvgIpc) is 2.45. The number of nitrogens with one attached hydrogen (secondary N) is 1. The van der Waals surface area contributed by atoms with Crippen LogP contribution in [-0.2, 0) is 4.74 Å². The maximum atomic E-state index is 13.9. The van der Waals surface area contributed by atoms with E-state index in [2.05, 4.69) is 5.32 Å². The van der Waals surface area contributed by atoms with E-state index in [0.29, 0.717) is 23.8 Å². The Labute approximate surface area is 114 Å². The van der Waals surface area contributed by atoms with Crippen LogP contribution in [0.25, 0.3) is 0 Å². The van der Waals surface area contributed by atoms with Gasteiger partial charge in [-0.2, -0.15) is 0 Å². The molecule has 0 amide bonds. The molecule has 0 bridgehead atoms. The van der Waals surface area contributed by atoms with E-state index < -0.39 is 0 Å². The van der Waals surface area contributed by atoms with Crippen molar-refractivity contribution in [2.75, 3.05) is 26.9 Å². The fourth-order valence-corrected chi connectivity index (χ4v) is 2.33. The molecule has 1 aliphatic heterocycles. The van der Waals surface area contributed by atoms with Crippen LogP contribution >= 0.6 is 0 Å². The summed E-state index contributed by atoms with van der Waals surface area (Å²) in [5.74, 6) is 0.939. The number of ether oxygens (including phenoxy) is 2. The lowest BCUT2D eigenvalue weighted by Crippen LogP contribution is -2.22. The summed E-state index contributed by atoms with van der Waals surface area (Å²) in [6, 6.07) is 4.95. The van der Waals surface area contributed by atoms with Crippen molar-refractivity contribution >= 4 is 0 Å². The third-order valence-corrected chi connectivity index (χ3v) is 3.69. The third kappa shape index (κ3) is 3.67. The first-order valence-corrected chi connectivity index (χ1v) is 6.88. The van der Waals surface area contributed by atoms with Crippen molar-refractivity contribution in [1.29, 1.82) is 0 Å². The standard InChI is InChI=1S/C15H22FNO2/c1-11(17-2)15-13(16)4-3-5-14(15)19-10-12-6-8-18-9-7-12/h3-5,11-12,17H,6-10H2,1-2H3. The van der Waals surface area contributed by atoms with Crippen LogP contribution in [0.4, 0.5) is 4.39 Å². The van der Waals surface area contributed by atoms with Crippen LogP contribution in [0.5, 0.6) is 5.75 Å². The summed E-state index contributed by atoms with van der Waals surface area (Å²) in [6.07, 6.45) is 2.04. The molecule has 1 unspecified atom stereocenters. The van der Waals surface area contributed by atoms with Crippen molar-refractivity contribution in [3.8, 4) is 5.75 Å². The molecule has 1 atom stereocenters. The second-order valence-electron chi connectivity index (χ2n) is 5.03. The zero-order chi connectivity index (χ0) is 13.7. The Morgan fingerprint density at radius 1 is 1.42 bits per heavy atom. The minimum Gasteiger partial charge on any atom is -0.493 e. The maximum absolute atomic E-state index is 13.9. The Balaban J connectivity index is 2.04. The molecule has 1 fully saturated rings. The topological polar surface area (TPSA) is 30.5 Å². The number of hydrogen-bond donors (Lipinski definition) is 1. The highest BCUT2D eigenvalue weighted by molar-refractivity contribution is 5.37. The summed E-state index contributed by atoms with van der Waals surface area (Å²) in [7, 11) is 1.82. The fourth-order valence-electron chi connectivity index (χ4n) is 2.33. The van der Waals surface area contributed by atoms with Gasteiger partial charge in [0.15, 0.2) is 0 Å². The summed E-state index contributed by atoms with van der Waals surface area (Å²) in [5, 5.41) is 3.06. The van der Waals surface area contributed by atoms with Gasteiger partial charge < -0.3 is 14.8 Å². The zero-order valence-corrected chi connectivity index (χ0v) is 11.6. The van der Waals surface area contributed by atoms with E-state index in [4.69, 9.17) is 9.47 Å². The quantitative estimate of drug-likeness (QED) is 0.889. The second-order valence-corrected chi connectivity index (χ2v) is 5.03. The first-order chi connectivity index (χ1) is 9.22. The van der Waals surface area contributed by atoms with E-state index >= 15 is 0 Å². The van der Waals surface area contributed by atoms with Crippen molar-refractivity contribution in [2.24, 2.45) is 5.92 Å². The SMILES string of the molecule is CNC(C)c1c(F)cccc1OCC1CCOCC1. The molecule has 1 aliphatic rings. The predicted octanol–water partition coefficient (Wildman–Crippen LogP) is 2.91. The highest BCUT2D eigenvalue weighted by Crippen LogP contribution is 2.28. The van der Waals surface area contributed by atoms with E-state index in [0.717, 1.165) is 26.1 Å². The molecule has 0 radical (unpaired) electrons. The molecule has 0 aliphatic carbocycles. The molecule has 0 aromatic heterocycles. The van der Waals surface area contributed by atoms with Crippen molar-refractivity contribution in [1.82, 2.24) is 5.32 Å². The highest BCUT2D eigenvalue weighted by Gasteiger charge is 2.18. The van der Waals surface area contributed by atoms with Gasteiger partial charge in [-0.3, -0.25) is 0 Å². The Kier molecular flexibility index (Phi) is 5.16. The Hall–Kier alpha value is -1.13. The number of hydrogen-bond acceptors (Lipinski definition) is 3. The van der Waals surface area contributed by atoms with E-state index in [1.54, 1.807) is 6.07 Å². The molecule has 1 saturated heterocycles. The molecule has 1 heterocycles. The molecule has 4 heteroatoms. The number of rotatable bonds is 5. The summed E-state index contributed by atoms with van der Waals surface area (Å²) in [4.78, 5) is 0. The van der Waals surface area contributed by atoms with Crippen molar-refractivity contribution < 1.29 is 13.9 Å². The highest BCUT2D eigenvalue weighted by atomic mass is 19.1. The van der Waals surface area contributed by atoms with Crippen LogP contribution in [-0.4, -0.2) is 26.9 Å². The number of halogens is 1. The van der Waals surface area contributed by atoms with Gasteiger partial charge in [-0.25, -0.2) is 4.39 Å². The monoisotopic (exact) mass is 267 g/mol. The molecule has 0 spiro atoms. The number of benzene rings is 1. The van der Waals surface area contributed by atoms with Gasteiger partial charge in [0.2, 0.25) is 0 Å². The van der Waals surface area contributed by atoms with Crippen LogP contribution in [0.15, 0.2) is 18.2 Å². The molecule has 1 N–H and O–H groups in total. The van der Waals surface area contributed by atoms with Crippen LogP contribution in [0.1, 0.15) is 31.4 Å². The lowest BCUT2D eigenvalue weighted by molar-refractivity contribution is 0.0495. The Bertz CT molecular complexity index is 405. The van der Waals surface area contributed by atoms with Gasteiger partial charge in [-0.1, -0.05) is 6.07 Å². The lowest BCUT2D eigenvalue weighted by atomic mass is 10.0. The van der Waals surface area contributed by atoms with Gasteiger partial charge in [0.1, 0.15) is 11.6 Å². The predicted molar refractivity (Wildman–Crippen MR) is 72.9 cm³/mol. The minimum absolute atomic E-state index is 0.0640. The molecule has 2 rings (SSSR count). The second kappa shape index (κ2) is 6.87. The van der Waals surface area contributed by atoms with Crippen molar-refractivity contribution in [3.63, 3.8) is 0 Å². The summed E-state index contributed by atoms with van der Waals surface area (Å²) >= 11 is 0. The van der Waals surface area contributed by atoms with Gasteiger partial charge in [0.25, 0.3) is 0 Å². The van der Waals surface area contributed by atoms with Crippen molar-refractivity contribution in [3.05, 3.63) is 29.6 Å². The maximum Gasteiger partial charge on any atom is 0.131 e. The molecule has 0 saturated carbocycles. The first kappa shape index (κ1) is 14.3. The van der Waals surface area contributed by atoms with Gasteiger partial charge in [-0.05, 0) is 44.9 Å². The third-order valence-electron chi connectivity index (χ3n) is 3.69. The molecule has 3 nitrogen and oxygen atoms in total. The normalized spacial score (nSPS) is 18.3. The van der Waals surface area contributed by atoms with E-state index in [1.807, 2.05) is 20.0 Å². The van der Waals surface area contributed by atoms with Gasteiger partial charge in [0, 0.05) is 24.8 Å². The van der Waals surface area contributed by atoms with Gasteiger partial charge >= 0.3 is 0 Å². The van der Waals surface area contributed by atoms with Crippen LogP contribution in [0, 0.1) is 11.7 Å².